The van der Waals surface area contributed by atoms with Crippen LogP contribution in [0.15, 0.2) is 42.5 Å². The summed E-state index contributed by atoms with van der Waals surface area (Å²) < 4.78 is 24.8. The molecule has 0 fully saturated rings. The van der Waals surface area contributed by atoms with Gasteiger partial charge in [-0.25, -0.2) is 9.18 Å². The number of hydrogen-bond acceptors (Lipinski definition) is 5. The van der Waals surface area contributed by atoms with Gasteiger partial charge in [0, 0.05) is 29.6 Å². The Morgan fingerprint density at radius 2 is 1.86 bits per heavy atom. The van der Waals surface area contributed by atoms with Crippen molar-refractivity contribution >= 4 is 22.9 Å². The second kappa shape index (κ2) is 11.7. The second-order valence-electron chi connectivity index (χ2n) is 9.57. The Kier molecular flexibility index (Phi) is 8.67. The van der Waals surface area contributed by atoms with Gasteiger partial charge in [0.05, 0.1) is 24.8 Å². The molecule has 2 aromatic carbocycles. The van der Waals surface area contributed by atoms with Crippen LogP contribution in [-0.2, 0) is 9.47 Å². The quantitative estimate of drug-likeness (QED) is 0.371. The number of nitriles is 1. The Bertz CT molecular complexity index is 1260. The van der Waals surface area contributed by atoms with Gasteiger partial charge in [-0.3, -0.25) is 4.79 Å². The van der Waals surface area contributed by atoms with Crippen LogP contribution in [0.25, 0.3) is 22.0 Å². The van der Waals surface area contributed by atoms with Crippen LogP contribution >= 0.6 is 0 Å². The summed E-state index contributed by atoms with van der Waals surface area (Å²) in [7, 11) is 0. The standard InChI is InChI=1S/C27H31FN4O4/c1-17(16-35-12-11-30-26(34)36-27(2,3)4)15-31-25(33)24-23(19-7-5-18(14-29)6-8-19)21-13-20(28)9-10-22(21)32-24/h5-10,13,17,32H,11-12,15-16H2,1-4H3,(H,30,34)(H,31,33)/t17-/m1/s1. The third kappa shape index (κ3) is 7.30. The number of ether oxygens (including phenoxy) is 2. The number of hydrogen-bond donors (Lipinski definition) is 3. The maximum absolute atomic E-state index is 14.0. The number of aromatic nitrogens is 1. The first kappa shape index (κ1) is 26.7. The van der Waals surface area contributed by atoms with Crippen molar-refractivity contribution in [2.24, 2.45) is 5.92 Å². The summed E-state index contributed by atoms with van der Waals surface area (Å²) in [6.07, 6.45) is -0.498. The van der Waals surface area contributed by atoms with Crippen LogP contribution in [0.1, 0.15) is 43.7 Å². The molecule has 1 aromatic heterocycles. The van der Waals surface area contributed by atoms with E-state index in [1.165, 1.54) is 12.1 Å². The fourth-order valence-corrected chi connectivity index (χ4v) is 3.58. The van der Waals surface area contributed by atoms with Crippen molar-refractivity contribution in [1.29, 1.82) is 5.26 Å². The summed E-state index contributed by atoms with van der Waals surface area (Å²) in [5, 5.41) is 15.2. The molecule has 190 valence electrons. The van der Waals surface area contributed by atoms with E-state index in [0.717, 1.165) is 0 Å². The Morgan fingerprint density at radius 1 is 1.14 bits per heavy atom. The molecule has 36 heavy (non-hydrogen) atoms. The molecule has 3 aromatic rings. The number of rotatable bonds is 9. The van der Waals surface area contributed by atoms with Crippen molar-refractivity contribution in [2.75, 3.05) is 26.3 Å². The average molecular weight is 495 g/mol. The van der Waals surface area contributed by atoms with Crippen LogP contribution in [0.5, 0.6) is 0 Å². The zero-order valence-corrected chi connectivity index (χ0v) is 20.9. The number of aromatic amines is 1. The highest BCUT2D eigenvalue weighted by Crippen LogP contribution is 2.33. The lowest BCUT2D eigenvalue weighted by molar-refractivity contribution is 0.0486. The van der Waals surface area contributed by atoms with Crippen molar-refractivity contribution in [2.45, 2.75) is 33.3 Å². The molecule has 0 saturated carbocycles. The number of carbonyl (C=O) groups excluding carboxylic acids is 2. The van der Waals surface area contributed by atoms with E-state index in [2.05, 4.69) is 21.7 Å². The Hall–Kier alpha value is -3.90. The van der Waals surface area contributed by atoms with E-state index in [0.29, 0.717) is 59.6 Å². The monoisotopic (exact) mass is 494 g/mol. The van der Waals surface area contributed by atoms with Gasteiger partial charge in [-0.2, -0.15) is 5.26 Å². The second-order valence-corrected chi connectivity index (χ2v) is 9.57. The van der Waals surface area contributed by atoms with Crippen LogP contribution in [0.2, 0.25) is 0 Å². The number of H-pyrrole nitrogens is 1. The minimum absolute atomic E-state index is 0.00987. The summed E-state index contributed by atoms with van der Waals surface area (Å²) in [6, 6.07) is 13.2. The number of carbonyl (C=O) groups is 2. The van der Waals surface area contributed by atoms with Gasteiger partial charge in [-0.15, -0.1) is 0 Å². The first-order valence-electron chi connectivity index (χ1n) is 11.7. The lowest BCUT2D eigenvalue weighted by Gasteiger charge is -2.19. The van der Waals surface area contributed by atoms with Gasteiger partial charge in [-0.1, -0.05) is 19.1 Å². The zero-order chi connectivity index (χ0) is 26.3. The fraction of sp³-hybridized carbons (Fsp3) is 0.370. The molecular weight excluding hydrogens is 463 g/mol. The SMILES string of the molecule is C[C@H](CNC(=O)c1[nH]c2ccc(F)cc2c1-c1ccc(C#N)cc1)COCCNC(=O)OC(C)(C)C. The van der Waals surface area contributed by atoms with Gasteiger partial charge in [0.25, 0.3) is 5.91 Å². The molecule has 1 atom stereocenters. The molecule has 0 saturated heterocycles. The van der Waals surface area contributed by atoms with E-state index >= 15 is 0 Å². The molecule has 3 rings (SSSR count). The molecule has 0 aliphatic heterocycles. The van der Waals surface area contributed by atoms with Gasteiger partial charge in [0.15, 0.2) is 0 Å². The number of amides is 2. The Labute approximate surface area is 209 Å². The largest absolute Gasteiger partial charge is 0.444 e. The molecule has 8 nitrogen and oxygen atoms in total. The summed E-state index contributed by atoms with van der Waals surface area (Å²) in [6.45, 7) is 8.68. The molecule has 0 spiro atoms. The third-order valence-electron chi connectivity index (χ3n) is 5.22. The number of halogens is 1. The van der Waals surface area contributed by atoms with E-state index in [1.54, 1.807) is 51.1 Å². The van der Waals surface area contributed by atoms with Crippen LogP contribution in [0, 0.1) is 23.1 Å². The van der Waals surface area contributed by atoms with Crippen molar-refractivity contribution in [1.82, 2.24) is 15.6 Å². The van der Waals surface area contributed by atoms with Crippen molar-refractivity contribution in [3.8, 4) is 17.2 Å². The number of nitrogens with zero attached hydrogens (tertiary/aromatic N) is 1. The van der Waals surface area contributed by atoms with Crippen molar-refractivity contribution in [3.63, 3.8) is 0 Å². The van der Waals surface area contributed by atoms with Crippen LogP contribution < -0.4 is 10.6 Å². The highest BCUT2D eigenvalue weighted by Gasteiger charge is 2.20. The first-order chi connectivity index (χ1) is 17.1. The fourth-order valence-electron chi connectivity index (χ4n) is 3.58. The number of fused-ring (bicyclic) bond motifs is 1. The van der Waals surface area contributed by atoms with Crippen molar-refractivity contribution < 1.29 is 23.5 Å². The minimum atomic E-state index is -0.559. The van der Waals surface area contributed by atoms with E-state index < -0.39 is 17.5 Å². The van der Waals surface area contributed by atoms with Crippen LogP contribution in [-0.4, -0.2) is 48.9 Å². The lowest BCUT2D eigenvalue weighted by atomic mass is 10.00. The van der Waals surface area contributed by atoms with E-state index in [-0.39, 0.29) is 11.8 Å². The van der Waals surface area contributed by atoms with Gasteiger partial charge in [0.2, 0.25) is 0 Å². The summed E-state index contributed by atoms with van der Waals surface area (Å²) in [5.41, 5.74) is 2.15. The third-order valence-corrected chi connectivity index (χ3v) is 5.22. The maximum atomic E-state index is 14.0. The van der Waals surface area contributed by atoms with Gasteiger partial charge < -0.3 is 25.1 Å². The molecule has 0 aliphatic carbocycles. The number of nitrogens with one attached hydrogen (secondary N) is 3. The topological polar surface area (TPSA) is 116 Å². The Morgan fingerprint density at radius 3 is 2.53 bits per heavy atom. The highest BCUT2D eigenvalue weighted by atomic mass is 19.1. The van der Waals surface area contributed by atoms with Gasteiger partial charge in [0.1, 0.15) is 17.1 Å². The molecule has 0 radical (unpaired) electrons. The molecule has 0 aliphatic rings. The molecule has 1 heterocycles. The predicted molar refractivity (Wildman–Crippen MR) is 135 cm³/mol. The molecular formula is C27H31FN4O4. The molecule has 3 N–H and O–H groups in total. The molecule has 2 amide bonds. The predicted octanol–water partition coefficient (Wildman–Crippen LogP) is 4.75. The van der Waals surface area contributed by atoms with Gasteiger partial charge in [-0.05, 0) is 62.6 Å². The summed E-state index contributed by atoms with van der Waals surface area (Å²) in [5.74, 6) is -0.727. The molecule has 9 heteroatoms. The number of alkyl carbamates (subject to hydrolysis) is 1. The average Bonchev–Trinajstić information content (AvgIpc) is 3.20. The lowest BCUT2D eigenvalue weighted by Crippen LogP contribution is -2.35. The van der Waals surface area contributed by atoms with E-state index in [4.69, 9.17) is 14.7 Å². The van der Waals surface area contributed by atoms with E-state index in [1.807, 2.05) is 6.92 Å². The number of benzene rings is 2. The van der Waals surface area contributed by atoms with Crippen LogP contribution in [0.4, 0.5) is 9.18 Å². The minimum Gasteiger partial charge on any atom is -0.444 e. The van der Waals surface area contributed by atoms with E-state index in [9.17, 15) is 14.0 Å². The van der Waals surface area contributed by atoms with Crippen molar-refractivity contribution in [3.05, 3.63) is 59.5 Å². The summed E-state index contributed by atoms with van der Waals surface area (Å²) >= 11 is 0. The zero-order valence-electron chi connectivity index (χ0n) is 20.9. The highest BCUT2D eigenvalue weighted by molar-refractivity contribution is 6.09. The molecule has 0 unspecified atom stereocenters. The van der Waals surface area contributed by atoms with Gasteiger partial charge >= 0.3 is 6.09 Å². The normalized spacial score (nSPS) is 12.1. The smallest absolute Gasteiger partial charge is 0.407 e. The Balaban J connectivity index is 1.59. The van der Waals surface area contributed by atoms with Crippen LogP contribution in [0.3, 0.4) is 0 Å². The summed E-state index contributed by atoms with van der Waals surface area (Å²) in [4.78, 5) is 27.8. The molecule has 0 bridgehead atoms. The first-order valence-corrected chi connectivity index (χ1v) is 11.7. The maximum Gasteiger partial charge on any atom is 0.407 e.